The second-order valence-corrected chi connectivity index (χ2v) is 16.3. The van der Waals surface area contributed by atoms with Crippen LogP contribution in [-0.4, -0.2) is 90.1 Å². The lowest BCUT2D eigenvalue weighted by atomic mass is 9.95. The number of carbonyl (C=O) groups excluding carboxylic acids is 3. The van der Waals surface area contributed by atoms with Crippen LogP contribution in [0.3, 0.4) is 0 Å². The Kier molecular flexibility index (Phi) is 10.6. The van der Waals surface area contributed by atoms with Crippen molar-refractivity contribution in [2.24, 2.45) is 0 Å². The van der Waals surface area contributed by atoms with Gasteiger partial charge in [0.15, 0.2) is 9.84 Å². The summed E-state index contributed by atoms with van der Waals surface area (Å²) < 4.78 is 112. The van der Waals surface area contributed by atoms with Crippen LogP contribution in [0.25, 0.3) is 22.7 Å². The quantitative estimate of drug-likeness (QED) is 0.219. The van der Waals surface area contributed by atoms with Crippen molar-refractivity contribution >= 4 is 33.6 Å². The summed E-state index contributed by atoms with van der Waals surface area (Å²) in [6.45, 7) is 3.39. The second-order valence-electron chi connectivity index (χ2n) is 14.3. The van der Waals surface area contributed by atoms with Crippen LogP contribution >= 0.6 is 0 Å². The van der Waals surface area contributed by atoms with E-state index in [2.05, 4.69) is 25.2 Å². The van der Waals surface area contributed by atoms with Crippen LogP contribution < -0.4 is 10.2 Å². The fourth-order valence-corrected chi connectivity index (χ4v) is 7.89. The van der Waals surface area contributed by atoms with Gasteiger partial charge in [-0.15, -0.1) is 10.2 Å². The topological polar surface area (TPSA) is 174 Å². The number of alkyl carbamates (subject to hydrolysis) is 1. The Morgan fingerprint density at radius 1 is 1.02 bits per heavy atom. The summed E-state index contributed by atoms with van der Waals surface area (Å²) in [7, 11) is -3.24. The molecule has 3 amide bonds. The standard InChI is InChI=1S/C36H35F5N6O8S/c1-34(2,3)55-32(49)43-26-18-56(51,52)28-12-8-22(29-44-45-30(54-29)23-14-35(37,38)19-46(17-23)33(50)53-4)13-27(28)47(31(26)48)16-20-5-11-25(42-15-20)21-6-9-24(10-7-21)36(39,40)41/h5-13,15,23,26H,14,16-19H2,1-4H3,(H,43,49)/t23?,26-/m0/s1. The predicted octanol–water partition coefficient (Wildman–Crippen LogP) is 6.22. The van der Waals surface area contributed by atoms with E-state index in [1.165, 1.54) is 42.6 Å². The van der Waals surface area contributed by atoms with Crippen molar-refractivity contribution in [1.82, 2.24) is 25.4 Å². The number of rotatable bonds is 6. The molecule has 2 aliphatic rings. The van der Waals surface area contributed by atoms with Gasteiger partial charge in [-0.25, -0.2) is 26.8 Å². The van der Waals surface area contributed by atoms with Crippen molar-refractivity contribution in [1.29, 1.82) is 0 Å². The van der Waals surface area contributed by atoms with E-state index >= 15 is 0 Å². The number of halogens is 5. The maximum Gasteiger partial charge on any atom is 0.416 e. The van der Waals surface area contributed by atoms with Gasteiger partial charge in [-0.05, 0) is 62.7 Å². The molecule has 6 rings (SSSR count). The maximum absolute atomic E-state index is 14.6. The molecule has 14 nitrogen and oxygen atoms in total. The molecule has 4 heterocycles. The fourth-order valence-electron chi connectivity index (χ4n) is 6.28. The molecule has 0 saturated carbocycles. The summed E-state index contributed by atoms with van der Waals surface area (Å²) >= 11 is 0. The lowest BCUT2D eigenvalue weighted by molar-refractivity contribution is -0.137. The molecule has 1 N–H and O–H groups in total. The zero-order valence-electron chi connectivity index (χ0n) is 30.3. The zero-order valence-corrected chi connectivity index (χ0v) is 31.1. The number of ether oxygens (including phenoxy) is 2. The number of benzene rings is 2. The van der Waals surface area contributed by atoms with Gasteiger partial charge < -0.3 is 29.0 Å². The molecule has 1 saturated heterocycles. The normalized spacial score (nSPS) is 19.5. The van der Waals surface area contributed by atoms with Gasteiger partial charge in [0.1, 0.15) is 11.6 Å². The van der Waals surface area contributed by atoms with E-state index in [9.17, 15) is 44.8 Å². The van der Waals surface area contributed by atoms with Crippen LogP contribution in [0.1, 0.15) is 50.1 Å². The molecule has 0 bridgehead atoms. The number of carbonyl (C=O) groups is 3. The van der Waals surface area contributed by atoms with E-state index in [4.69, 9.17) is 9.15 Å². The van der Waals surface area contributed by atoms with E-state index < -0.39 is 81.9 Å². The summed E-state index contributed by atoms with van der Waals surface area (Å²) in [4.78, 5) is 45.1. The van der Waals surface area contributed by atoms with Crippen molar-refractivity contribution in [3.05, 3.63) is 77.8 Å². The van der Waals surface area contributed by atoms with Crippen LogP contribution in [0.5, 0.6) is 0 Å². The number of hydrogen-bond donors (Lipinski definition) is 1. The van der Waals surface area contributed by atoms with E-state index in [-0.39, 0.29) is 41.0 Å². The van der Waals surface area contributed by atoms with Crippen molar-refractivity contribution in [2.45, 2.75) is 68.3 Å². The third kappa shape index (κ3) is 8.90. The lowest BCUT2D eigenvalue weighted by Gasteiger charge is -2.35. The smallest absolute Gasteiger partial charge is 0.416 e. The van der Waals surface area contributed by atoms with Crippen molar-refractivity contribution in [3.63, 3.8) is 0 Å². The molecular weight excluding hydrogens is 771 g/mol. The number of nitrogens with zero attached hydrogens (tertiary/aromatic N) is 5. The van der Waals surface area contributed by atoms with Crippen LogP contribution in [0.2, 0.25) is 0 Å². The third-order valence-electron chi connectivity index (χ3n) is 8.78. The van der Waals surface area contributed by atoms with Gasteiger partial charge in [0.2, 0.25) is 11.8 Å². The number of nitrogens with one attached hydrogen (secondary N) is 1. The Bertz CT molecular complexity index is 2240. The van der Waals surface area contributed by atoms with E-state index in [1.807, 2.05) is 0 Å². The van der Waals surface area contributed by atoms with Gasteiger partial charge in [0, 0.05) is 30.3 Å². The van der Waals surface area contributed by atoms with Gasteiger partial charge >= 0.3 is 18.4 Å². The molecule has 2 aromatic carbocycles. The Balaban J connectivity index is 1.35. The van der Waals surface area contributed by atoms with Crippen LogP contribution in [0.4, 0.5) is 37.2 Å². The zero-order chi connectivity index (χ0) is 40.8. The number of fused-ring (bicyclic) bond motifs is 1. The number of sulfone groups is 1. The van der Waals surface area contributed by atoms with Gasteiger partial charge in [-0.3, -0.25) is 9.78 Å². The van der Waals surface area contributed by atoms with Gasteiger partial charge in [0.25, 0.3) is 11.8 Å². The highest BCUT2D eigenvalue weighted by atomic mass is 32.2. The summed E-state index contributed by atoms with van der Waals surface area (Å²) in [5, 5.41) is 10.3. The number of anilines is 1. The number of aromatic nitrogens is 3. The molecule has 20 heteroatoms. The largest absolute Gasteiger partial charge is 0.453 e. The molecule has 1 fully saturated rings. The number of methoxy groups -OCH3 is 1. The van der Waals surface area contributed by atoms with E-state index in [0.29, 0.717) is 16.8 Å². The minimum absolute atomic E-state index is 0.109. The first-order valence-electron chi connectivity index (χ1n) is 17.0. The summed E-state index contributed by atoms with van der Waals surface area (Å²) in [5.74, 6) is -6.47. The van der Waals surface area contributed by atoms with Crippen LogP contribution in [-0.2, 0) is 36.8 Å². The van der Waals surface area contributed by atoms with Crippen molar-refractivity contribution in [3.8, 4) is 22.7 Å². The van der Waals surface area contributed by atoms with E-state index in [1.54, 1.807) is 26.8 Å². The molecule has 0 radical (unpaired) electrons. The Morgan fingerprint density at radius 3 is 2.34 bits per heavy atom. The molecule has 4 aromatic rings. The monoisotopic (exact) mass is 806 g/mol. The lowest BCUT2D eigenvalue weighted by Crippen LogP contribution is -2.51. The number of hydrogen-bond acceptors (Lipinski definition) is 11. The van der Waals surface area contributed by atoms with Gasteiger partial charge in [-0.2, -0.15) is 13.2 Å². The summed E-state index contributed by atoms with van der Waals surface area (Å²) in [6, 6.07) is 9.63. The number of pyridine rings is 1. The molecular formula is C36H35F5N6O8S. The molecule has 0 aliphatic carbocycles. The number of alkyl halides is 5. The van der Waals surface area contributed by atoms with Gasteiger partial charge in [0.05, 0.1) is 53.7 Å². The Labute approximate surface area is 316 Å². The first-order chi connectivity index (χ1) is 26.1. The highest BCUT2D eigenvalue weighted by Crippen LogP contribution is 2.39. The SMILES string of the molecule is COC(=O)N1CC(c2nnc(-c3ccc4c(c3)N(Cc3ccc(-c5ccc(C(F)(F)F)cc5)nc3)C(=O)[C@@H](NC(=O)OC(C)(C)C)CS4(=O)=O)o2)CC(F)(F)C1. The first kappa shape index (κ1) is 40.0. The molecule has 1 unspecified atom stereocenters. The minimum atomic E-state index is -4.53. The Hall–Kier alpha value is -5.66. The molecule has 2 aliphatic heterocycles. The molecule has 0 spiro atoms. The van der Waals surface area contributed by atoms with E-state index in [0.717, 1.165) is 29.0 Å². The first-order valence-corrected chi connectivity index (χ1v) is 18.6. The summed E-state index contributed by atoms with van der Waals surface area (Å²) in [6.07, 6.45) is -5.87. The molecule has 2 atom stereocenters. The molecule has 2 aromatic heterocycles. The fraction of sp³-hybridized carbons (Fsp3) is 0.389. The minimum Gasteiger partial charge on any atom is -0.453 e. The average molecular weight is 807 g/mol. The van der Waals surface area contributed by atoms with Gasteiger partial charge in [-0.1, -0.05) is 18.2 Å². The van der Waals surface area contributed by atoms with Crippen molar-refractivity contribution in [2.75, 3.05) is 30.9 Å². The molecule has 56 heavy (non-hydrogen) atoms. The van der Waals surface area contributed by atoms with Crippen molar-refractivity contribution < 1.29 is 58.6 Å². The highest BCUT2D eigenvalue weighted by molar-refractivity contribution is 7.91. The Morgan fingerprint density at radius 2 is 1.71 bits per heavy atom. The average Bonchev–Trinajstić information content (AvgIpc) is 3.60. The van der Waals surface area contributed by atoms with Crippen LogP contribution in [0.15, 0.2) is 70.1 Å². The maximum atomic E-state index is 14.6. The van der Waals surface area contributed by atoms with Crippen LogP contribution in [0, 0.1) is 0 Å². The highest BCUT2D eigenvalue weighted by Gasteiger charge is 2.45. The number of likely N-dealkylation sites (tertiary alicyclic amines) is 1. The molecule has 298 valence electrons. The summed E-state index contributed by atoms with van der Waals surface area (Å²) in [5.41, 5.74) is -0.787. The second kappa shape index (κ2) is 14.8. The number of piperidine rings is 1. The third-order valence-corrected chi connectivity index (χ3v) is 10.6. The number of amides is 3. The predicted molar refractivity (Wildman–Crippen MR) is 187 cm³/mol.